The maximum absolute atomic E-state index is 5.11. The standard InChI is InChI=1S/C32H19N3/c1-2-6-22-18(5-1)13-20-15-21-14-19-9-10-23-31(30(19)25(21)16-24(20)22)26-17-33-12-11-28(26)35-29-8-4-3-7-27(29)34-32(23)35/h1-12,15-17H,13-14H2. The van der Waals surface area contributed by atoms with Gasteiger partial charge in [-0.1, -0.05) is 54.6 Å². The molecule has 0 saturated carbocycles. The number of pyridine rings is 2. The van der Waals surface area contributed by atoms with Gasteiger partial charge in [-0.25, -0.2) is 4.98 Å². The molecule has 7 aromatic rings. The van der Waals surface area contributed by atoms with E-state index in [9.17, 15) is 0 Å². The summed E-state index contributed by atoms with van der Waals surface area (Å²) >= 11 is 0. The topological polar surface area (TPSA) is 30.2 Å². The van der Waals surface area contributed by atoms with Crippen LogP contribution in [0.4, 0.5) is 0 Å². The van der Waals surface area contributed by atoms with E-state index < -0.39 is 0 Å². The lowest BCUT2D eigenvalue weighted by molar-refractivity contribution is 1.21. The fraction of sp³-hybridized carbons (Fsp3) is 0.0625. The van der Waals surface area contributed by atoms with Gasteiger partial charge in [-0.3, -0.25) is 9.38 Å². The molecule has 162 valence electrons. The lowest BCUT2D eigenvalue weighted by Crippen LogP contribution is -1.94. The van der Waals surface area contributed by atoms with Crippen molar-refractivity contribution in [1.29, 1.82) is 0 Å². The Bertz CT molecular complexity index is 2060. The van der Waals surface area contributed by atoms with Crippen LogP contribution < -0.4 is 0 Å². The fourth-order valence-corrected chi connectivity index (χ4v) is 6.61. The van der Waals surface area contributed by atoms with Gasteiger partial charge >= 0.3 is 0 Å². The summed E-state index contributed by atoms with van der Waals surface area (Å²) in [4.78, 5) is 9.67. The second kappa shape index (κ2) is 6.13. The van der Waals surface area contributed by atoms with Crippen LogP contribution in [0, 0.1) is 0 Å². The van der Waals surface area contributed by atoms with E-state index in [1.807, 2.05) is 12.4 Å². The summed E-state index contributed by atoms with van der Waals surface area (Å²) in [5.41, 5.74) is 15.5. The molecule has 0 spiro atoms. The first-order valence-corrected chi connectivity index (χ1v) is 12.2. The Morgan fingerprint density at radius 3 is 2.49 bits per heavy atom. The highest BCUT2D eigenvalue weighted by Gasteiger charge is 2.28. The summed E-state index contributed by atoms with van der Waals surface area (Å²) in [6.07, 6.45) is 5.94. The Labute approximate surface area is 201 Å². The Kier molecular flexibility index (Phi) is 3.14. The minimum Gasteiger partial charge on any atom is -0.292 e. The highest BCUT2D eigenvalue weighted by molar-refractivity contribution is 6.20. The van der Waals surface area contributed by atoms with E-state index in [4.69, 9.17) is 4.98 Å². The van der Waals surface area contributed by atoms with E-state index in [-0.39, 0.29) is 0 Å². The van der Waals surface area contributed by atoms with Gasteiger partial charge in [0.2, 0.25) is 0 Å². The van der Waals surface area contributed by atoms with E-state index >= 15 is 0 Å². The second-order valence-corrected chi connectivity index (χ2v) is 9.85. The normalized spacial score (nSPS) is 13.5. The zero-order valence-electron chi connectivity index (χ0n) is 18.9. The first-order valence-electron chi connectivity index (χ1n) is 12.2. The van der Waals surface area contributed by atoms with Crippen LogP contribution in [0.25, 0.3) is 60.6 Å². The van der Waals surface area contributed by atoms with Crippen molar-refractivity contribution >= 4 is 38.4 Å². The van der Waals surface area contributed by atoms with Crippen molar-refractivity contribution in [3.63, 3.8) is 0 Å². The monoisotopic (exact) mass is 445 g/mol. The van der Waals surface area contributed by atoms with Crippen LogP contribution in [0.15, 0.2) is 91.3 Å². The predicted octanol–water partition coefficient (Wildman–Crippen LogP) is 7.33. The van der Waals surface area contributed by atoms with E-state index in [1.54, 1.807) is 0 Å². The molecule has 35 heavy (non-hydrogen) atoms. The molecule has 0 atom stereocenters. The number of imidazole rings is 1. The summed E-state index contributed by atoms with van der Waals surface area (Å²) in [7, 11) is 0. The molecule has 0 bridgehead atoms. The van der Waals surface area contributed by atoms with Crippen molar-refractivity contribution in [2.45, 2.75) is 12.8 Å². The van der Waals surface area contributed by atoms with E-state index in [1.165, 1.54) is 60.7 Å². The van der Waals surface area contributed by atoms with Crippen molar-refractivity contribution in [3.05, 3.63) is 114 Å². The number of fused-ring (bicyclic) bond motifs is 15. The molecule has 0 aliphatic heterocycles. The van der Waals surface area contributed by atoms with Crippen LogP contribution >= 0.6 is 0 Å². The Balaban J connectivity index is 1.46. The Morgan fingerprint density at radius 1 is 0.629 bits per heavy atom. The molecule has 9 rings (SSSR count). The van der Waals surface area contributed by atoms with Gasteiger partial charge < -0.3 is 0 Å². The highest BCUT2D eigenvalue weighted by atomic mass is 15.0. The van der Waals surface area contributed by atoms with Crippen LogP contribution in [0.5, 0.6) is 0 Å². The minimum absolute atomic E-state index is 0.980. The zero-order chi connectivity index (χ0) is 22.7. The molecule has 0 radical (unpaired) electrons. The van der Waals surface area contributed by atoms with Gasteiger partial charge in [0, 0.05) is 28.6 Å². The molecule has 4 aromatic carbocycles. The molecule has 0 unspecified atom stereocenters. The number of hydrogen-bond acceptors (Lipinski definition) is 2. The van der Waals surface area contributed by atoms with Crippen LogP contribution in [0.1, 0.15) is 22.3 Å². The highest BCUT2D eigenvalue weighted by Crippen LogP contribution is 2.48. The lowest BCUT2D eigenvalue weighted by atomic mass is 9.93. The number of para-hydroxylation sites is 2. The van der Waals surface area contributed by atoms with Gasteiger partial charge in [0.05, 0.1) is 16.6 Å². The van der Waals surface area contributed by atoms with Crippen molar-refractivity contribution in [2.24, 2.45) is 0 Å². The summed E-state index contributed by atoms with van der Waals surface area (Å²) in [6.45, 7) is 0. The summed E-state index contributed by atoms with van der Waals surface area (Å²) in [5, 5.41) is 3.65. The summed E-state index contributed by atoms with van der Waals surface area (Å²) in [6, 6.07) is 28.9. The minimum atomic E-state index is 0.980. The van der Waals surface area contributed by atoms with Crippen LogP contribution in [-0.2, 0) is 12.8 Å². The quantitative estimate of drug-likeness (QED) is 0.229. The van der Waals surface area contributed by atoms with Crippen molar-refractivity contribution in [2.75, 3.05) is 0 Å². The molecule has 0 amide bonds. The van der Waals surface area contributed by atoms with Gasteiger partial charge in [-0.15, -0.1) is 0 Å². The van der Waals surface area contributed by atoms with E-state index in [2.05, 4.69) is 88.2 Å². The van der Waals surface area contributed by atoms with Gasteiger partial charge in [-0.05, 0) is 81.6 Å². The average Bonchev–Trinajstić information content (AvgIpc) is 3.58. The summed E-state index contributed by atoms with van der Waals surface area (Å²) < 4.78 is 2.30. The second-order valence-electron chi connectivity index (χ2n) is 9.85. The van der Waals surface area contributed by atoms with Crippen LogP contribution in [-0.4, -0.2) is 14.4 Å². The summed E-state index contributed by atoms with van der Waals surface area (Å²) in [5.74, 6) is 0. The molecule has 3 heterocycles. The molecule has 3 aromatic heterocycles. The molecule has 0 saturated heterocycles. The Morgan fingerprint density at radius 2 is 1.49 bits per heavy atom. The Hall–Kier alpha value is -4.50. The maximum Gasteiger partial charge on any atom is 0.146 e. The average molecular weight is 446 g/mol. The number of aromatic nitrogens is 3. The third kappa shape index (κ3) is 2.17. The first-order chi connectivity index (χ1) is 17.3. The molecule has 3 heteroatoms. The third-order valence-electron chi connectivity index (χ3n) is 8.07. The molecule has 0 fully saturated rings. The number of hydrogen-bond donors (Lipinski definition) is 0. The lowest BCUT2D eigenvalue weighted by Gasteiger charge is -2.13. The molecule has 3 nitrogen and oxygen atoms in total. The number of rotatable bonds is 0. The maximum atomic E-state index is 5.11. The van der Waals surface area contributed by atoms with Crippen molar-refractivity contribution in [3.8, 4) is 22.3 Å². The van der Waals surface area contributed by atoms with Crippen molar-refractivity contribution in [1.82, 2.24) is 14.4 Å². The van der Waals surface area contributed by atoms with E-state index in [0.717, 1.165) is 35.0 Å². The smallest absolute Gasteiger partial charge is 0.146 e. The molecule has 2 aliphatic carbocycles. The van der Waals surface area contributed by atoms with Gasteiger partial charge in [0.25, 0.3) is 0 Å². The van der Waals surface area contributed by atoms with Crippen molar-refractivity contribution < 1.29 is 0 Å². The number of benzene rings is 4. The fourth-order valence-electron chi connectivity index (χ4n) is 6.61. The number of nitrogens with zero attached hydrogens (tertiary/aromatic N) is 3. The molecular formula is C32H19N3. The molecule has 2 aliphatic rings. The molecule has 0 N–H and O–H groups in total. The predicted molar refractivity (Wildman–Crippen MR) is 142 cm³/mol. The zero-order valence-corrected chi connectivity index (χ0v) is 18.9. The van der Waals surface area contributed by atoms with Crippen LogP contribution in [0.3, 0.4) is 0 Å². The SMILES string of the molecule is c1ccc2c(c1)Cc1cc3c(cc1-2)-c1c(ccc2c1c1cnccc1n1c4ccccc4nc21)C3. The third-order valence-corrected chi connectivity index (χ3v) is 8.07. The van der Waals surface area contributed by atoms with E-state index in [0.29, 0.717) is 0 Å². The molecular weight excluding hydrogens is 426 g/mol. The largest absolute Gasteiger partial charge is 0.292 e. The van der Waals surface area contributed by atoms with Gasteiger partial charge in [0.1, 0.15) is 5.65 Å². The van der Waals surface area contributed by atoms with Crippen LogP contribution in [0.2, 0.25) is 0 Å². The van der Waals surface area contributed by atoms with Gasteiger partial charge in [0.15, 0.2) is 0 Å². The van der Waals surface area contributed by atoms with Gasteiger partial charge in [-0.2, -0.15) is 0 Å². The first kappa shape index (κ1) is 17.9.